The van der Waals surface area contributed by atoms with Crippen LogP contribution in [0.4, 0.5) is 0 Å². The minimum atomic E-state index is 0. The molecule has 2 N–H and O–H groups in total. The molecule has 0 radical (unpaired) electrons. The summed E-state index contributed by atoms with van der Waals surface area (Å²) in [6.07, 6.45) is 0. The molecule has 0 heterocycles. The normalized spacial score (nSPS) is 0. The van der Waals surface area contributed by atoms with E-state index in [-0.39, 0.29) is 1190 Å². The van der Waals surface area contributed by atoms with Crippen LogP contribution in [0.2, 0.25) is 0 Å². The molecule has 0 aliphatic rings. The van der Waals surface area contributed by atoms with E-state index >= 15 is 0 Å². The molecule has 0 unspecified atom stereocenters. The zero-order chi connectivity index (χ0) is 0. The standard InChI is InChI=1S/40Na.H2O.40H/h;;;;;;;;;;;;;;;;;;;;;;;;;;;;;;;;;;;;;;;;1H2;;;;;;;;;;;;;;;;;;;;;;;;;;;;;;;;;;;;;;;;. The van der Waals surface area contributed by atoms with E-state index in [0.29, 0.717) is 0 Å². The van der Waals surface area contributed by atoms with Crippen LogP contribution in [0.15, 0.2) is 0 Å². The van der Waals surface area contributed by atoms with Crippen LogP contribution in [-0.4, -0.2) is 1190 Å². The van der Waals surface area contributed by atoms with E-state index in [9.17, 15) is 0 Å². The third-order valence-corrected chi connectivity index (χ3v) is 0. The van der Waals surface area contributed by atoms with Gasteiger partial charge in [-0.15, -0.1) is 0 Å². The molecule has 0 aromatic heterocycles. The van der Waals surface area contributed by atoms with Gasteiger partial charge in [0.05, 0.1) is 0 Å². The molecular formula is H42Na40O. The second-order valence-electron chi connectivity index (χ2n) is 0. The first kappa shape index (κ1) is 324. The Morgan fingerprint density at radius 3 is 0.0488 bits per heavy atom. The summed E-state index contributed by atoms with van der Waals surface area (Å²) >= 11 is 0. The Kier molecular flexibility index (Phi) is 2470. The second-order valence-corrected chi connectivity index (χ2v) is 0. The van der Waals surface area contributed by atoms with Gasteiger partial charge < -0.3 is 5.48 Å². The topological polar surface area (TPSA) is 31.5 Å². The number of hydrogen-bond donors (Lipinski definition) is 0. The predicted molar refractivity (Wildman–Crippen MR) is 290 cm³/mol. The van der Waals surface area contributed by atoms with Crippen molar-refractivity contribution < 1.29 is 5.48 Å². The zero-order valence-electron chi connectivity index (χ0n) is 0.500. The van der Waals surface area contributed by atoms with Crippen molar-refractivity contribution in [1.82, 2.24) is 0 Å². The molecule has 41 heteroatoms. The van der Waals surface area contributed by atoms with E-state index < -0.39 is 0 Å². The van der Waals surface area contributed by atoms with Gasteiger partial charge in [0.1, 0.15) is 0 Å². The maximum absolute atomic E-state index is 0. The molecule has 0 spiro atoms. The Morgan fingerprint density at radius 2 is 0.0488 bits per heavy atom. The van der Waals surface area contributed by atoms with Gasteiger partial charge >= 0.3 is 1180 Å². The fourth-order valence-corrected chi connectivity index (χ4v) is 0. The SMILES string of the molecule is O.[NaH].[NaH].[NaH].[NaH].[NaH].[NaH].[NaH].[NaH].[NaH].[NaH].[NaH].[NaH].[NaH].[NaH].[NaH].[NaH].[NaH].[NaH].[NaH].[NaH].[NaH].[NaH].[NaH].[NaH].[NaH].[NaH].[NaH].[NaH].[NaH].[NaH].[NaH].[NaH].[NaH].[NaH].[NaH].[NaH].[NaH].[NaH].[NaH].[NaH]. The van der Waals surface area contributed by atoms with Crippen molar-refractivity contribution >= 4 is 1180 Å². The van der Waals surface area contributed by atoms with E-state index in [1.807, 2.05) is 0 Å². The number of hydrogen-bond acceptors (Lipinski definition) is 0. The fourth-order valence-electron chi connectivity index (χ4n) is 0. The molecular weight excluding hydrogens is 936 g/mol. The van der Waals surface area contributed by atoms with Crippen LogP contribution in [0.1, 0.15) is 0 Å². The van der Waals surface area contributed by atoms with Gasteiger partial charge in [-0.05, 0) is 0 Å². The molecule has 0 saturated carbocycles. The first-order valence-electron chi connectivity index (χ1n) is 0. The monoisotopic (exact) mass is 978 g/mol. The van der Waals surface area contributed by atoms with Crippen molar-refractivity contribution in [2.45, 2.75) is 0 Å². The summed E-state index contributed by atoms with van der Waals surface area (Å²) in [6.45, 7) is 0. The Morgan fingerprint density at radius 1 is 0.0488 bits per heavy atom. The molecule has 0 fully saturated rings. The summed E-state index contributed by atoms with van der Waals surface area (Å²) in [4.78, 5) is 0. The van der Waals surface area contributed by atoms with Crippen molar-refractivity contribution in [1.29, 1.82) is 0 Å². The second kappa shape index (κ2) is 312. The molecule has 0 aliphatic carbocycles. The van der Waals surface area contributed by atoms with Crippen LogP contribution in [-0.2, 0) is 0 Å². The van der Waals surface area contributed by atoms with Gasteiger partial charge in [-0.3, -0.25) is 0 Å². The van der Waals surface area contributed by atoms with Crippen LogP contribution in [0, 0.1) is 0 Å². The molecule has 0 aliphatic heterocycles. The minimum absolute atomic E-state index is 0. The van der Waals surface area contributed by atoms with E-state index in [1.165, 1.54) is 0 Å². The third kappa shape index (κ3) is 304. The van der Waals surface area contributed by atoms with Gasteiger partial charge in [-0.25, -0.2) is 0 Å². The average molecular weight is 978 g/mol. The molecule has 41 heavy (non-hydrogen) atoms. The summed E-state index contributed by atoms with van der Waals surface area (Å²) in [5.41, 5.74) is 0. The van der Waals surface area contributed by atoms with Crippen molar-refractivity contribution in [3.8, 4) is 0 Å². The van der Waals surface area contributed by atoms with E-state index in [4.69, 9.17) is 0 Å². The average Bonchev–Trinajstić information content (AvgIpc) is 0. The maximum atomic E-state index is 0. The van der Waals surface area contributed by atoms with E-state index in [1.54, 1.807) is 0 Å². The van der Waals surface area contributed by atoms with Gasteiger partial charge in [-0.1, -0.05) is 0 Å². The molecule has 0 atom stereocenters. The van der Waals surface area contributed by atoms with Crippen molar-refractivity contribution in [2.24, 2.45) is 0 Å². The summed E-state index contributed by atoms with van der Waals surface area (Å²) in [6, 6.07) is 0. The molecule has 0 amide bonds. The van der Waals surface area contributed by atoms with Gasteiger partial charge in [0.15, 0.2) is 0 Å². The molecule has 0 rings (SSSR count). The van der Waals surface area contributed by atoms with Gasteiger partial charge in [0.2, 0.25) is 0 Å². The fraction of sp³-hybridized carbons (Fsp3) is 0. The van der Waals surface area contributed by atoms with Crippen LogP contribution in [0.25, 0.3) is 0 Å². The molecule has 0 saturated heterocycles. The molecule has 1 nitrogen and oxygen atoms in total. The summed E-state index contributed by atoms with van der Waals surface area (Å²) in [5.74, 6) is 0. The van der Waals surface area contributed by atoms with Crippen molar-refractivity contribution in [2.75, 3.05) is 0 Å². The zero-order valence-corrected chi connectivity index (χ0v) is 0.500. The molecule has 0 bridgehead atoms. The Hall–Kier alpha value is 40.0. The van der Waals surface area contributed by atoms with Crippen molar-refractivity contribution in [3.05, 3.63) is 0 Å². The summed E-state index contributed by atoms with van der Waals surface area (Å²) < 4.78 is 0. The quantitative estimate of drug-likeness (QED) is 0.217. The van der Waals surface area contributed by atoms with Crippen LogP contribution in [0.5, 0.6) is 0 Å². The van der Waals surface area contributed by atoms with Gasteiger partial charge in [0.25, 0.3) is 0 Å². The third-order valence-electron chi connectivity index (χ3n) is 0. The first-order chi connectivity index (χ1) is 0. The summed E-state index contributed by atoms with van der Waals surface area (Å²) in [5, 5.41) is 0. The number of rotatable bonds is 0. The Balaban J connectivity index is 0. The molecule has 88 valence electrons. The van der Waals surface area contributed by atoms with Gasteiger partial charge in [-0.2, -0.15) is 0 Å². The van der Waals surface area contributed by atoms with E-state index in [0.717, 1.165) is 0 Å². The predicted octanol–water partition coefficient (Wildman–Crippen LogP) is -26.8. The van der Waals surface area contributed by atoms with Crippen molar-refractivity contribution in [3.63, 3.8) is 0 Å². The Labute approximate surface area is 1140 Å². The van der Waals surface area contributed by atoms with Crippen LogP contribution in [0.3, 0.4) is 0 Å². The molecule has 0 aromatic carbocycles. The summed E-state index contributed by atoms with van der Waals surface area (Å²) in [7, 11) is 0. The van der Waals surface area contributed by atoms with Crippen LogP contribution < -0.4 is 0 Å². The van der Waals surface area contributed by atoms with E-state index in [2.05, 4.69) is 0 Å². The molecule has 0 aromatic rings. The Bertz CT molecular complexity index is 6.78. The van der Waals surface area contributed by atoms with Crippen LogP contribution >= 0.6 is 0 Å². The van der Waals surface area contributed by atoms with Gasteiger partial charge in [0, 0.05) is 0 Å². The first-order valence-corrected chi connectivity index (χ1v) is 0.